The summed E-state index contributed by atoms with van der Waals surface area (Å²) in [4.78, 5) is 20.3. The summed E-state index contributed by atoms with van der Waals surface area (Å²) in [6, 6.07) is 11.3. The Balaban J connectivity index is 0.000000364. The third kappa shape index (κ3) is 5.27. The molecule has 21 heavy (non-hydrogen) atoms. The molecule has 2 aromatic rings. The average Bonchev–Trinajstić information content (AvgIpc) is 2.40. The first-order valence-electron chi connectivity index (χ1n) is 5.42. The molecule has 0 atom stereocenters. The summed E-state index contributed by atoms with van der Waals surface area (Å²) in [7, 11) is 0. The molecule has 6 nitrogen and oxygen atoms in total. The van der Waals surface area contributed by atoms with Crippen molar-refractivity contribution in [2.45, 2.75) is 0 Å². The van der Waals surface area contributed by atoms with Crippen LogP contribution in [0, 0.1) is 0 Å². The molecule has 2 N–H and O–H groups in total. The average molecular weight is 285 g/mol. The van der Waals surface area contributed by atoms with E-state index in [1.165, 1.54) is 36.4 Å². The van der Waals surface area contributed by atoms with Crippen LogP contribution in [0.2, 0.25) is 0 Å². The summed E-state index contributed by atoms with van der Waals surface area (Å²) < 4.78 is 0. The number of hydrogen-bond donors (Lipinski definition) is 2. The number of carboxylic acids is 2. The van der Waals surface area contributed by atoms with Crippen LogP contribution in [0.3, 0.4) is 0 Å². The van der Waals surface area contributed by atoms with E-state index in [0.717, 1.165) is 0 Å². The first-order valence-corrected chi connectivity index (χ1v) is 5.42. The molecule has 0 fully saturated rings. The van der Waals surface area contributed by atoms with Crippen LogP contribution in [0.4, 0.5) is 0 Å². The Bertz CT molecular complexity index is 571. The molecule has 7 heteroatoms. The summed E-state index contributed by atoms with van der Waals surface area (Å²) in [5, 5.41) is 38.0. The van der Waals surface area contributed by atoms with Gasteiger partial charge in [0.2, 0.25) is 0 Å². The van der Waals surface area contributed by atoms with Crippen LogP contribution in [0.15, 0.2) is 48.5 Å². The number of rotatable bonds is 2. The molecule has 0 aliphatic carbocycles. The zero-order valence-corrected chi connectivity index (χ0v) is 10.7. The number of aromatic carboxylic acids is 2. The molecule has 0 saturated heterocycles. The molecule has 0 amide bonds. The predicted octanol–water partition coefficient (Wildman–Crippen LogP) is -0.869. The first kappa shape index (κ1) is 18.0. The molecule has 105 valence electrons. The van der Waals surface area contributed by atoms with Crippen LogP contribution in [-0.2, 0) is 0 Å². The second-order valence-electron chi connectivity index (χ2n) is 3.61. The number of carboxylic acid groups (broad SMARTS) is 2. The fourth-order valence-corrected chi connectivity index (χ4v) is 1.29. The normalized spacial score (nSPS) is 8.76. The topological polar surface area (TPSA) is 121 Å². The maximum Gasteiger partial charge on any atom is 2.00 e. The zero-order valence-electron chi connectivity index (χ0n) is 10.7. The van der Waals surface area contributed by atoms with Crippen molar-refractivity contribution >= 4 is 20.4 Å². The molecular formula is C14H10BO6. The van der Waals surface area contributed by atoms with Crippen LogP contribution in [0.25, 0.3) is 0 Å². The summed E-state index contributed by atoms with van der Waals surface area (Å²) >= 11 is 0. The fourth-order valence-electron chi connectivity index (χ4n) is 1.29. The standard InChI is InChI=1S/2C7H6O3.B/c2*8-6-4-2-1-3-5(6)7(9)10;/h2*1-4,8H,(H,9,10);/q;;+2/p-2. The quantitative estimate of drug-likeness (QED) is 0.692. The van der Waals surface area contributed by atoms with Gasteiger partial charge in [-0.1, -0.05) is 24.3 Å². The molecule has 2 rings (SSSR count). The molecule has 2 aromatic carbocycles. The third-order valence-electron chi connectivity index (χ3n) is 2.25. The van der Waals surface area contributed by atoms with Crippen molar-refractivity contribution in [2.24, 2.45) is 0 Å². The molecule has 1 radical (unpaired) electrons. The Hall–Kier alpha value is -2.96. The Labute approximate surface area is 122 Å². The van der Waals surface area contributed by atoms with Crippen LogP contribution in [-0.4, -0.2) is 30.6 Å². The van der Waals surface area contributed by atoms with Gasteiger partial charge in [0.25, 0.3) is 0 Å². The minimum absolute atomic E-state index is 0. The van der Waals surface area contributed by atoms with E-state index in [4.69, 9.17) is 10.2 Å². The van der Waals surface area contributed by atoms with E-state index in [0.29, 0.717) is 0 Å². The van der Waals surface area contributed by atoms with Gasteiger partial charge in [-0.25, -0.2) is 0 Å². The summed E-state index contributed by atoms with van der Waals surface area (Å²) in [5.74, 6) is -3.25. The van der Waals surface area contributed by atoms with Crippen LogP contribution in [0.5, 0.6) is 11.5 Å². The Morgan fingerprint density at radius 2 is 1.00 bits per heavy atom. The van der Waals surface area contributed by atoms with Gasteiger partial charge < -0.3 is 30.0 Å². The smallest absolute Gasteiger partial charge is 0.545 e. The van der Waals surface area contributed by atoms with Crippen LogP contribution in [0.1, 0.15) is 20.7 Å². The van der Waals surface area contributed by atoms with Crippen molar-refractivity contribution in [3.63, 3.8) is 0 Å². The Morgan fingerprint density at radius 1 is 0.714 bits per heavy atom. The van der Waals surface area contributed by atoms with Gasteiger partial charge in [-0.15, -0.1) is 0 Å². The number of carbonyl (C=O) groups excluding carboxylic acids is 2. The molecule has 0 heterocycles. The van der Waals surface area contributed by atoms with E-state index in [-0.39, 0.29) is 31.0 Å². The summed E-state index contributed by atoms with van der Waals surface area (Å²) in [6.45, 7) is 0. The van der Waals surface area contributed by atoms with Gasteiger partial charge in [-0.2, -0.15) is 0 Å². The second-order valence-corrected chi connectivity index (χ2v) is 3.61. The molecule has 0 aliphatic heterocycles. The molecule has 0 spiro atoms. The van der Waals surface area contributed by atoms with Gasteiger partial charge >= 0.3 is 8.41 Å². The van der Waals surface area contributed by atoms with E-state index in [1.807, 2.05) is 0 Å². The van der Waals surface area contributed by atoms with E-state index < -0.39 is 11.9 Å². The fraction of sp³-hybridized carbons (Fsp3) is 0. The SMILES string of the molecule is O=C([O-])c1ccccc1O.O=C([O-])c1ccccc1O.[B+2]. The first-order chi connectivity index (χ1) is 9.43. The molecular weight excluding hydrogens is 275 g/mol. The maximum absolute atomic E-state index is 10.2. The minimum Gasteiger partial charge on any atom is -0.545 e. The van der Waals surface area contributed by atoms with Gasteiger partial charge in [0.1, 0.15) is 11.5 Å². The van der Waals surface area contributed by atoms with Crippen molar-refractivity contribution in [1.29, 1.82) is 0 Å². The molecule has 0 bridgehead atoms. The van der Waals surface area contributed by atoms with E-state index in [1.54, 1.807) is 12.1 Å². The van der Waals surface area contributed by atoms with Crippen molar-refractivity contribution in [3.8, 4) is 11.5 Å². The van der Waals surface area contributed by atoms with Gasteiger partial charge in [0.15, 0.2) is 0 Å². The summed E-state index contributed by atoms with van der Waals surface area (Å²) in [6.07, 6.45) is 0. The Morgan fingerprint density at radius 3 is 1.19 bits per heavy atom. The molecule has 0 saturated carbocycles. The predicted molar refractivity (Wildman–Crippen MR) is 70.6 cm³/mol. The van der Waals surface area contributed by atoms with Crippen molar-refractivity contribution in [2.75, 3.05) is 0 Å². The summed E-state index contributed by atoms with van der Waals surface area (Å²) in [5.41, 5.74) is -0.356. The monoisotopic (exact) mass is 285 g/mol. The Kier molecular flexibility index (Phi) is 7.10. The van der Waals surface area contributed by atoms with Gasteiger partial charge in [-0.05, 0) is 24.3 Å². The minimum atomic E-state index is -1.36. The van der Waals surface area contributed by atoms with Gasteiger partial charge in [-0.3, -0.25) is 0 Å². The number of carbonyl (C=O) groups is 2. The number of aromatic hydroxyl groups is 2. The molecule has 0 unspecified atom stereocenters. The number of phenols is 2. The molecule has 0 aliphatic rings. The van der Waals surface area contributed by atoms with Crippen molar-refractivity contribution < 1.29 is 30.0 Å². The van der Waals surface area contributed by atoms with E-state index >= 15 is 0 Å². The van der Waals surface area contributed by atoms with Gasteiger partial charge in [0, 0.05) is 11.1 Å². The largest absolute Gasteiger partial charge is 2.00 e. The van der Waals surface area contributed by atoms with E-state index in [2.05, 4.69) is 0 Å². The van der Waals surface area contributed by atoms with Crippen molar-refractivity contribution in [1.82, 2.24) is 0 Å². The second kappa shape index (κ2) is 8.26. The number of para-hydroxylation sites is 2. The number of hydrogen-bond acceptors (Lipinski definition) is 6. The number of benzene rings is 2. The van der Waals surface area contributed by atoms with E-state index in [9.17, 15) is 19.8 Å². The van der Waals surface area contributed by atoms with Crippen LogP contribution < -0.4 is 10.2 Å². The van der Waals surface area contributed by atoms with Gasteiger partial charge in [0.05, 0.1) is 11.9 Å². The third-order valence-corrected chi connectivity index (χ3v) is 2.25. The maximum atomic E-state index is 10.2. The zero-order chi connectivity index (χ0) is 15.1. The molecule has 0 aromatic heterocycles. The van der Waals surface area contributed by atoms with Crippen molar-refractivity contribution in [3.05, 3.63) is 59.7 Å². The van der Waals surface area contributed by atoms with Crippen LogP contribution >= 0.6 is 0 Å².